The van der Waals surface area contributed by atoms with Crippen molar-refractivity contribution in [1.29, 1.82) is 0 Å². The second-order valence-electron chi connectivity index (χ2n) is 6.11. The van der Waals surface area contributed by atoms with Crippen LogP contribution in [0, 0.1) is 6.92 Å². The summed E-state index contributed by atoms with van der Waals surface area (Å²) in [6.07, 6.45) is 2.51. The molecule has 132 valence electrons. The minimum absolute atomic E-state index is 0.242. The Kier molecular flexibility index (Phi) is 6.90. The Bertz CT molecular complexity index is 549. The molecule has 1 heterocycles. The van der Waals surface area contributed by atoms with Gasteiger partial charge in [-0.2, -0.15) is 0 Å². The fourth-order valence-electron chi connectivity index (χ4n) is 2.80. The van der Waals surface area contributed by atoms with Crippen LogP contribution in [-0.4, -0.2) is 56.8 Å². The number of likely N-dealkylation sites (tertiary alicyclic amines) is 1. The highest BCUT2D eigenvalue weighted by Gasteiger charge is 2.23. The van der Waals surface area contributed by atoms with Crippen molar-refractivity contribution >= 4 is 12.1 Å². The molecule has 0 aromatic heterocycles. The van der Waals surface area contributed by atoms with Crippen LogP contribution in [0.4, 0.5) is 4.79 Å². The summed E-state index contributed by atoms with van der Waals surface area (Å²) in [5.41, 5.74) is 2.59. The first-order chi connectivity index (χ1) is 11.6. The van der Waals surface area contributed by atoms with Gasteiger partial charge >= 0.3 is 6.09 Å². The summed E-state index contributed by atoms with van der Waals surface area (Å²) >= 11 is 0. The SMILES string of the molecule is CN=C(NCCc1ccc(C)cc1)NC1CCN(C(=O)OC)CC1. The maximum Gasteiger partial charge on any atom is 0.409 e. The molecule has 2 N–H and O–H groups in total. The highest BCUT2D eigenvalue weighted by Crippen LogP contribution is 2.11. The first-order valence-electron chi connectivity index (χ1n) is 8.48. The van der Waals surface area contributed by atoms with Crippen molar-refractivity contribution in [3.05, 3.63) is 35.4 Å². The van der Waals surface area contributed by atoms with Crippen LogP contribution in [0.3, 0.4) is 0 Å². The van der Waals surface area contributed by atoms with E-state index in [9.17, 15) is 4.79 Å². The van der Waals surface area contributed by atoms with Crippen molar-refractivity contribution < 1.29 is 9.53 Å². The molecule has 0 aliphatic carbocycles. The number of aliphatic imine (C=N–C) groups is 1. The van der Waals surface area contributed by atoms with E-state index in [1.807, 2.05) is 0 Å². The summed E-state index contributed by atoms with van der Waals surface area (Å²) in [5, 5.41) is 6.80. The van der Waals surface area contributed by atoms with Gasteiger partial charge in [0, 0.05) is 32.7 Å². The van der Waals surface area contributed by atoms with Crippen molar-refractivity contribution in [1.82, 2.24) is 15.5 Å². The lowest BCUT2D eigenvalue weighted by Crippen LogP contribution is -2.50. The number of guanidine groups is 1. The molecule has 1 fully saturated rings. The minimum Gasteiger partial charge on any atom is -0.453 e. The lowest BCUT2D eigenvalue weighted by Gasteiger charge is -2.32. The van der Waals surface area contributed by atoms with Crippen LogP contribution in [0.5, 0.6) is 0 Å². The number of piperidine rings is 1. The highest BCUT2D eigenvalue weighted by molar-refractivity contribution is 5.80. The molecule has 0 bridgehead atoms. The Balaban J connectivity index is 1.71. The Hall–Kier alpha value is -2.24. The van der Waals surface area contributed by atoms with E-state index in [0.29, 0.717) is 19.1 Å². The van der Waals surface area contributed by atoms with Crippen LogP contribution in [0.25, 0.3) is 0 Å². The Morgan fingerprint density at radius 3 is 2.54 bits per heavy atom. The molecule has 1 aliphatic rings. The first-order valence-corrected chi connectivity index (χ1v) is 8.48. The van der Waals surface area contributed by atoms with E-state index in [1.54, 1.807) is 11.9 Å². The quantitative estimate of drug-likeness (QED) is 0.653. The minimum atomic E-state index is -0.242. The van der Waals surface area contributed by atoms with Gasteiger partial charge in [0.25, 0.3) is 0 Å². The largest absolute Gasteiger partial charge is 0.453 e. The normalized spacial score (nSPS) is 16.0. The number of hydrogen-bond donors (Lipinski definition) is 2. The van der Waals surface area contributed by atoms with Gasteiger partial charge in [0.1, 0.15) is 0 Å². The predicted molar refractivity (Wildman–Crippen MR) is 96.4 cm³/mol. The number of aryl methyl sites for hydroxylation is 1. The van der Waals surface area contributed by atoms with Gasteiger partial charge in [0.2, 0.25) is 0 Å². The average Bonchev–Trinajstić information content (AvgIpc) is 2.62. The third kappa shape index (κ3) is 5.44. The molecule has 1 aliphatic heterocycles. The number of methoxy groups -OCH3 is 1. The number of hydrogen-bond acceptors (Lipinski definition) is 3. The third-order valence-corrected chi connectivity index (χ3v) is 4.32. The molecule has 1 aromatic carbocycles. The number of carbonyl (C=O) groups excluding carboxylic acids is 1. The van der Waals surface area contributed by atoms with Crippen molar-refractivity contribution in [3.63, 3.8) is 0 Å². The number of nitrogens with zero attached hydrogens (tertiary/aromatic N) is 2. The number of ether oxygens (including phenoxy) is 1. The van der Waals surface area contributed by atoms with Crippen LogP contribution in [0.2, 0.25) is 0 Å². The molecule has 6 heteroatoms. The third-order valence-electron chi connectivity index (χ3n) is 4.32. The lowest BCUT2D eigenvalue weighted by molar-refractivity contribution is 0.111. The Labute approximate surface area is 144 Å². The Morgan fingerprint density at radius 2 is 1.96 bits per heavy atom. The molecule has 0 unspecified atom stereocenters. The Morgan fingerprint density at radius 1 is 1.29 bits per heavy atom. The van der Waals surface area contributed by atoms with Crippen LogP contribution in [-0.2, 0) is 11.2 Å². The molecule has 0 spiro atoms. The summed E-state index contributed by atoms with van der Waals surface area (Å²) in [6.45, 7) is 4.36. The molecule has 1 amide bonds. The zero-order valence-corrected chi connectivity index (χ0v) is 14.8. The molecule has 6 nitrogen and oxygen atoms in total. The molecule has 0 atom stereocenters. The molecule has 2 rings (SSSR count). The molecular weight excluding hydrogens is 304 g/mol. The monoisotopic (exact) mass is 332 g/mol. The predicted octanol–water partition coefficient (Wildman–Crippen LogP) is 1.93. The van der Waals surface area contributed by atoms with E-state index in [2.05, 4.69) is 46.8 Å². The highest BCUT2D eigenvalue weighted by atomic mass is 16.5. The van der Waals surface area contributed by atoms with E-state index in [0.717, 1.165) is 31.8 Å². The van der Waals surface area contributed by atoms with Crippen molar-refractivity contribution in [2.45, 2.75) is 32.2 Å². The molecule has 0 saturated carbocycles. The summed E-state index contributed by atoms with van der Waals surface area (Å²) < 4.78 is 4.76. The van der Waals surface area contributed by atoms with Gasteiger partial charge in [-0.05, 0) is 31.7 Å². The molecule has 1 saturated heterocycles. The summed E-state index contributed by atoms with van der Waals surface area (Å²) in [6, 6.07) is 8.93. The van der Waals surface area contributed by atoms with Crippen molar-refractivity contribution in [2.75, 3.05) is 33.8 Å². The summed E-state index contributed by atoms with van der Waals surface area (Å²) in [5.74, 6) is 0.818. The van der Waals surface area contributed by atoms with E-state index < -0.39 is 0 Å². The van der Waals surface area contributed by atoms with E-state index in [-0.39, 0.29) is 6.09 Å². The smallest absolute Gasteiger partial charge is 0.409 e. The van der Waals surface area contributed by atoms with Crippen LogP contribution in [0.15, 0.2) is 29.3 Å². The fraction of sp³-hybridized carbons (Fsp3) is 0.556. The zero-order chi connectivity index (χ0) is 17.4. The van der Waals surface area contributed by atoms with Gasteiger partial charge in [0.15, 0.2) is 5.96 Å². The van der Waals surface area contributed by atoms with E-state index in [1.165, 1.54) is 18.2 Å². The van der Waals surface area contributed by atoms with Gasteiger partial charge in [0.05, 0.1) is 7.11 Å². The maximum absolute atomic E-state index is 11.5. The number of carbonyl (C=O) groups is 1. The molecular formula is C18H28N4O2. The number of benzene rings is 1. The van der Waals surface area contributed by atoms with Gasteiger partial charge in [-0.15, -0.1) is 0 Å². The van der Waals surface area contributed by atoms with Gasteiger partial charge in [-0.25, -0.2) is 4.79 Å². The maximum atomic E-state index is 11.5. The second kappa shape index (κ2) is 9.15. The standard InChI is InChI=1S/C18H28N4O2/c1-14-4-6-15(7-5-14)8-11-20-17(19-2)21-16-9-12-22(13-10-16)18(23)24-3/h4-7,16H,8-13H2,1-3H3,(H2,19,20,21). The van der Waals surface area contributed by atoms with Gasteiger partial charge in [-0.3, -0.25) is 4.99 Å². The van der Waals surface area contributed by atoms with Crippen molar-refractivity contribution in [3.8, 4) is 0 Å². The summed E-state index contributed by atoms with van der Waals surface area (Å²) in [4.78, 5) is 17.5. The van der Waals surface area contributed by atoms with Gasteiger partial charge < -0.3 is 20.3 Å². The first kappa shape index (κ1) is 18.1. The van der Waals surface area contributed by atoms with Crippen LogP contribution < -0.4 is 10.6 Å². The van der Waals surface area contributed by atoms with Gasteiger partial charge in [-0.1, -0.05) is 29.8 Å². The van der Waals surface area contributed by atoms with E-state index in [4.69, 9.17) is 4.74 Å². The molecule has 0 radical (unpaired) electrons. The number of rotatable bonds is 4. The zero-order valence-electron chi connectivity index (χ0n) is 14.8. The summed E-state index contributed by atoms with van der Waals surface area (Å²) in [7, 11) is 3.21. The lowest BCUT2D eigenvalue weighted by atomic mass is 10.1. The fourth-order valence-corrected chi connectivity index (χ4v) is 2.80. The second-order valence-corrected chi connectivity index (χ2v) is 6.11. The number of amides is 1. The van der Waals surface area contributed by atoms with Crippen LogP contribution in [0.1, 0.15) is 24.0 Å². The molecule has 24 heavy (non-hydrogen) atoms. The van der Waals surface area contributed by atoms with Crippen LogP contribution >= 0.6 is 0 Å². The average molecular weight is 332 g/mol. The topological polar surface area (TPSA) is 66.0 Å². The van der Waals surface area contributed by atoms with E-state index >= 15 is 0 Å². The molecule has 1 aromatic rings. The van der Waals surface area contributed by atoms with Crippen molar-refractivity contribution in [2.24, 2.45) is 4.99 Å². The number of nitrogens with one attached hydrogen (secondary N) is 2.